The van der Waals surface area contributed by atoms with Gasteiger partial charge in [0.05, 0.1) is 36.8 Å². The molecule has 0 bridgehead atoms. The van der Waals surface area contributed by atoms with Crippen molar-refractivity contribution in [1.29, 1.82) is 0 Å². The van der Waals surface area contributed by atoms with Crippen LogP contribution in [-0.2, 0) is 31.7 Å². The van der Waals surface area contributed by atoms with Crippen molar-refractivity contribution >= 4 is 40.2 Å². The third kappa shape index (κ3) is 18.4. The summed E-state index contributed by atoms with van der Waals surface area (Å²) in [5.74, 6) is 2.49. The summed E-state index contributed by atoms with van der Waals surface area (Å²) in [5, 5.41) is 10.8. The predicted octanol–water partition coefficient (Wildman–Crippen LogP) is 6.85. The maximum Gasteiger partial charge on any atom is 2.00 e. The first-order chi connectivity index (χ1) is 31.5. The molecule has 0 aromatic heterocycles. The Bertz CT molecular complexity index is 2320. The molecule has 6 aromatic carbocycles. The van der Waals surface area contributed by atoms with Gasteiger partial charge < -0.3 is 69.7 Å². The van der Waals surface area contributed by atoms with Gasteiger partial charge in [0.15, 0.2) is 5.78 Å². The van der Waals surface area contributed by atoms with Gasteiger partial charge >= 0.3 is 23.1 Å². The second-order valence-electron chi connectivity index (χ2n) is 16.4. The molecule has 0 aliphatic carbocycles. The van der Waals surface area contributed by atoms with Gasteiger partial charge in [-0.25, -0.2) is 0 Å². The molecule has 12 heteroatoms. The minimum absolute atomic E-state index is 0. The molecule has 0 radical (unpaired) electrons. The topological polar surface area (TPSA) is 133 Å². The number of hydrogen-bond donors (Lipinski definition) is 3. The molecule has 0 atom stereocenters. The SMILES string of the molecule is COc1cc(C(C)(C)O)c(OCc2ccccc2)cc1N(CCN)CCCc1ccccc1.COc1cc(C(C)=O)c(OCc2ccccc2)cc1N(CCN)CCCc1ccccc1.[Br-].[CH3-].[Mg+2]. The molecule has 10 nitrogen and oxygen atoms in total. The maximum atomic E-state index is 12.3. The van der Waals surface area contributed by atoms with Crippen LogP contribution in [0.5, 0.6) is 23.0 Å². The Morgan fingerprint density at radius 3 is 1.29 bits per heavy atom. The third-order valence-corrected chi connectivity index (χ3v) is 11.0. The van der Waals surface area contributed by atoms with E-state index < -0.39 is 5.60 Å². The van der Waals surface area contributed by atoms with Gasteiger partial charge in [-0.15, -0.1) is 0 Å². The van der Waals surface area contributed by atoms with Gasteiger partial charge in [0.25, 0.3) is 0 Å². The minimum atomic E-state index is -1.08. The van der Waals surface area contributed by atoms with E-state index >= 15 is 0 Å². The molecule has 0 fully saturated rings. The summed E-state index contributed by atoms with van der Waals surface area (Å²) in [4.78, 5) is 16.8. The van der Waals surface area contributed by atoms with Gasteiger partial charge in [-0.1, -0.05) is 121 Å². The van der Waals surface area contributed by atoms with Crippen LogP contribution in [0, 0.1) is 7.43 Å². The molecule has 0 heterocycles. The Balaban J connectivity index is 0.000000447. The molecular weight excluding hydrogens is 929 g/mol. The van der Waals surface area contributed by atoms with E-state index in [0.717, 1.165) is 61.3 Å². The van der Waals surface area contributed by atoms with E-state index in [1.54, 1.807) is 41.1 Å². The fraction of sp³-hybridized carbons (Fsp3) is 0.321. The summed E-state index contributed by atoms with van der Waals surface area (Å²) in [5.41, 5.74) is 18.6. The zero-order valence-corrected chi connectivity index (χ0v) is 44.0. The molecule has 0 unspecified atom stereocenters. The summed E-state index contributed by atoms with van der Waals surface area (Å²) in [6.45, 7) is 9.95. The number of aliphatic hydroxyl groups is 1. The number of ketones is 1. The van der Waals surface area contributed by atoms with Crippen LogP contribution in [0.25, 0.3) is 0 Å². The number of hydrogen-bond acceptors (Lipinski definition) is 10. The number of aryl methyl sites for hydroxylation is 2. The van der Waals surface area contributed by atoms with Gasteiger partial charge in [0.2, 0.25) is 0 Å². The summed E-state index contributed by atoms with van der Waals surface area (Å²) < 4.78 is 23.7. The first-order valence-electron chi connectivity index (χ1n) is 22.5. The monoisotopic (exact) mass is 998 g/mol. The standard InChI is InChI=1S/C28H36N2O3.C27H32N2O3.CH3.BrH.Mg/c1-28(2,31)24-19-27(32-3)25(20-26(24)33-21-23-13-8-5-9-14-23)30(18-16-29)17-10-15-22-11-6-4-7-12-22;1-21(30)24-18-27(31-2)25(19-26(24)32-20-23-12-7-4-8-13-23)29(17-15-28)16-9-14-22-10-5-3-6-11-22;;;/h4-9,11-14,19-20,31H,10,15-18,21,29H2,1-3H3;3-8,10-13,18-19H,9,14-17,20,28H2,1-2H3;1H3;1H;/q;;-1;;+2/p-1. The largest absolute Gasteiger partial charge is 2.00 e. The van der Waals surface area contributed by atoms with E-state index in [4.69, 9.17) is 30.4 Å². The zero-order valence-electron chi connectivity index (χ0n) is 41.0. The summed E-state index contributed by atoms with van der Waals surface area (Å²) >= 11 is 0. The number of rotatable bonds is 24. The Kier molecular flexibility index (Phi) is 27.0. The fourth-order valence-corrected chi connectivity index (χ4v) is 7.64. The van der Waals surface area contributed by atoms with E-state index in [2.05, 4.69) is 58.3 Å². The van der Waals surface area contributed by atoms with Crippen LogP contribution < -0.4 is 57.2 Å². The maximum absolute atomic E-state index is 12.3. The normalized spacial score (nSPS) is 10.5. The molecule has 0 amide bonds. The average Bonchev–Trinajstić information content (AvgIpc) is 3.32. The smallest absolute Gasteiger partial charge is 1.00 e. The van der Waals surface area contributed by atoms with Crippen molar-refractivity contribution in [1.82, 2.24) is 0 Å². The van der Waals surface area contributed by atoms with Crippen molar-refractivity contribution in [3.05, 3.63) is 186 Å². The van der Waals surface area contributed by atoms with E-state index in [-0.39, 0.29) is 53.2 Å². The van der Waals surface area contributed by atoms with Gasteiger partial charge in [-0.3, -0.25) is 4.79 Å². The number of nitrogens with zero attached hydrogens (tertiary/aromatic N) is 2. The number of nitrogens with two attached hydrogens (primary N) is 2. The Morgan fingerprint density at radius 1 is 0.559 bits per heavy atom. The van der Waals surface area contributed by atoms with Gasteiger partial charge in [-0.2, -0.15) is 0 Å². The van der Waals surface area contributed by atoms with Gasteiger partial charge in [-0.05, 0) is 80.8 Å². The minimum Gasteiger partial charge on any atom is -1.00 e. The average molecular weight is 1000 g/mol. The number of carbonyl (C=O) groups is 1. The fourth-order valence-electron chi connectivity index (χ4n) is 7.64. The van der Waals surface area contributed by atoms with Crippen LogP contribution in [0.15, 0.2) is 146 Å². The molecule has 6 rings (SSSR count). The molecular formula is C56H71BrMgN4O6. The zero-order chi connectivity index (χ0) is 46.4. The van der Waals surface area contributed by atoms with Crippen molar-refractivity contribution in [3.63, 3.8) is 0 Å². The van der Waals surface area contributed by atoms with E-state index in [1.165, 1.54) is 11.1 Å². The van der Waals surface area contributed by atoms with Gasteiger partial charge in [0, 0.05) is 57.0 Å². The van der Waals surface area contributed by atoms with Crippen LogP contribution in [-0.4, -0.2) is 87.4 Å². The van der Waals surface area contributed by atoms with Crippen molar-refractivity contribution in [2.24, 2.45) is 11.5 Å². The number of carbonyl (C=O) groups excluding carboxylic acids is 1. The summed E-state index contributed by atoms with van der Waals surface area (Å²) in [6, 6.07) is 48.4. The molecule has 68 heavy (non-hydrogen) atoms. The van der Waals surface area contributed by atoms with E-state index in [1.807, 2.05) is 91.0 Å². The van der Waals surface area contributed by atoms with Crippen LogP contribution in [0.2, 0.25) is 0 Å². The van der Waals surface area contributed by atoms with Crippen LogP contribution in [0.4, 0.5) is 11.4 Å². The molecule has 360 valence electrons. The van der Waals surface area contributed by atoms with Crippen molar-refractivity contribution in [2.45, 2.75) is 65.3 Å². The van der Waals surface area contributed by atoms with Crippen LogP contribution in [0.1, 0.15) is 71.8 Å². The Hall–Kier alpha value is -5.08. The number of methoxy groups -OCH3 is 2. The Labute approximate surface area is 432 Å². The first kappa shape index (κ1) is 59.0. The molecule has 0 saturated heterocycles. The molecule has 0 saturated carbocycles. The molecule has 5 N–H and O–H groups in total. The number of Topliss-reactive ketones (excluding diaryl/α,β-unsaturated/α-hetero) is 1. The molecule has 0 aliphatic heterocycles. The molecule has 0 spiro atoms. The summed E-state index contributed by atoms with van der Waals surface area (Å²) in [7, 11) is 3.28. The van der Waals surface area contributed by atoms with E-state index in [0.29, 0.717) is 73.5 Å². The van der Waals surface area contributed by atoms with Crippen molar-refractivity contribution in [3.8, 4) is 23.0 Å². The Morgan fingerprint density at radius 2 is 0.926 bits per heavy atom. The number of halogens is 1. The van der Waals surface area contributed by atoms with E-state index in [9.17, 15) is 9.90 Å². The number of ether oxygens (including phenoxy) is 4. The number of anilines is 2. The predicted molar refractivity (Wildman–Crippen MR) is 277 cm³/mol. The molecule has 6 aromatic rings. The quantitative estimate of drug-likeness (QED) is 0.0337. The second-order valence-corrected chi connectivity index (χ2v) is 16.4. The number of benzene rings is 6. The third-order valence-electron chi connectivity index (χ3n) is 11.0. The van der Waals surface area contributed by atoms with Crippen LogP contribution in [0.3, 0.4) is 0 Å². The van der Waals surface area contributed by atoms with Crippen molar-refractivity contribution < 1.29 is 45.8 Å². The summed E-state index contributed by atoms with van der Waals surface area (Å²) in [6.07, 6.45) is 3.93. The van der Waals surface area contributed by atoms with Crippen molar-refractivity contribution in [2.75, 3.05) is 63.3 Å². The van der Waals surface area contributed by atoms with Crippen LogP contribution >= 0.6 is 0 Å². The molecule has 0 aliphatic rings. The first-order valence-corrected chi connectivity index (χ1v) is 22.5. The second kappa shape index (κ2) is 31.1. The van der Waals surface area contributed by atoms with Gasteiger partial charge in [0.1, 0.15) is 36.2 Å².